The van der Waals surface area contributed by atoms with Gasteiger partial charge in [0.1, 0.15) is 0 Å². The molecule has 0 aromatic carbocycles. The highest BCUT2D eigenvalue weighted by atomic mass is 32.1. The molecule has 0 amide bonds. The van der Waals surface area contributed by atoms with Crippen molar-refractivity contribution in [3.05, 3.63) is 10.6 Å². The van der Waals surface area contributed by atoms with Crippen molar-refractivity contribution in [2.24, 2.45) is 5.73 Å². The van der Waals surface area contributed by atoms with Crippen LogP contribution in [0.1, 0.15) is 37.8 Å². The van der Waals surface area contributed by atoms with Crippen LogP contribution in [0.15, 0.2) is 0 Å². The van der Waals surface area contributed by atoms with E-state index in [4.69, 9.17) is 10.7 Å². The van der Waals surface area contributed by atoms with Gasteiger partial charge in [-0.25, -0.2) is 4.98 Å². The van der Waals surface area contributed by atoms with Crippen molar-refractivity contribution in [1.82, 2.24) is 9.88 Å². The third-order valence-electron chi connectivity index (χ3n) is 3.19. The number of thiazole rings is 1. The Bertz CT molecular complexity index is 376. The molecule has 0 fully saturated rings. The SMILES string of the molecule is CCCc1nc(N(CC)C(C)CN(C)C)sc1CN. The quantitative estimate of drug-likeness (QED) is 0.796. The maximum absolute atomic E-state index is 5.84. The number of likely N-dealkylation sites (N-methyl/N-ethyl adjacent to an activating group) is 2. The van der Waals surface area contributed by atoms with Gasteiger partial charge in [-0.15, -0.1) is 11.3 Å². The van der Waals surface area contributed by atoms with Gasteiger partial charge in [0.05, 0.1) is 5.69 Å². The largest absolute Gasteiger partial charge is 0.344 e. The van der Waals surface area contributed by atoms with Gasteiger partial charge in [-0.05, 0) is 34.4 Å². The van der Waals surface area contributed by atoms with Gasteiger partial charge < -0.3 is 15.5 Å². The Kier molecular flexibility index (Phi) is 6.75. The van der Waals surface area contributed by atoms with E-state index in [1.807, 2.05) is 0 Å². The first-order chi connectivity index (χ1) is 9.03. The summed E-state index contributed by atoms with van der Waals surface area (Å²) in [6, 6.07) is 0.464. The lowest BCUT2D eigenvalue weighted by Crippen LogP contribution is -2.40. The maximum atomic E-state index is 5.84. The minimum atomic E-state index is 0.464. The first-order valence-electron chi connectivity index (χ1n) is 7.13. The molecule has 1 heterocycles. The second kappa shape index (κ2) is 7.82. The molecule has 1 rings (SSSR count). The highest BCUT2D eigenvalue weighted by Crippen LogP contribution is 2.28. The van der Waals surface area contributed by atoms with E-state index in [-0.39, 0.29) is 0 Å². The Morgan fingerprint density at radius 1 is 1.32 bits per heavy atom. The first-order valence-corrected chi connectivity index (χ1v) is 7.95. The maximum Gasteiger partial charge on any atom is 0.186 e. The number of hydrogen-bond acceptors (Lipinski definition) is 5. The predicted octanol–water partition coefficient (Wildman–Crippen LogP) is 2.33. The number of hydrogen-bond donors (Lipinski definition) is 1. The molecular weight excluding hydrogens is 256 g/mol. The molecule has 1 aromatic heterocycles. The highest BCUT2D eigenvalue weighted by Gasteiger charge is 2.19. The second-order valence-electron chi connectivity index (χ2n) is 5.22. The van der Waals surface area contributed by atoms with Crippen LogP contribution in [-0.2, 0) is 13.0 Å². The summed E-state index contributed by atoms with van der Waals surface area (Å²) in [6.45, 7) is 9.26. The number of aryl methyl sites for hydroxylation is 1. The molecule has 1 aromatic rings. The van der Waals surface area contributed by atoms with Crippen LogP contribution in [0.2, 0.25) is 0 Å². The second-order valence-corrected chi connectivity index (χ2v) is 6.28. The van der Waals surface area contributed by atoms with Gasteiger partial charge in [-0.2, -0.15) is 0 Å². The van der Waals surface area contributed by atoms with E-state index in [1.54, 1.807) is 11.3 Å². The van der Waals surface area contributed by atoms with Gasteiger partial charge in [0.2, 0.25) is 0 Å². The fourth-order valence-electron chi connectivity index (χ4n) is 2.35. The van der Waals surface area contributed by atoms with Crippen LogP contribution in [0.25, 0.3) is 0 Å². The lowest BCUT2D eigenvalue weighted by Gasteiger charge is -2.29. The fourth-order valence-corrected chi connectivity index (χ4v) is 3.50. The molecule has 0 spiro atoms. The Hall–Kier alpha value is -0.650. The molecule has 0 radical (unpaired) electrons. The highest BCUT2D eigenvalue weighted by molar-refractivity contribution is 7.15. The molecule has 5 heteroatoms. The predicted molar refractivity (Wildman–Crippen MR) is 85.0 cm³/mol. The van der Waals surface area contributed by atoms with Crippen LogP contribution in [0.5, 0.6) is 0 Å². The molecule has 1 atom stereocenters. The van der Waals surface area contributed by atoms with E-state index < -0.39 is 0 Å². The Morgan fingerprint density at radius 3 is 2.47 bits per heavy atom. The Morgan fingerprint density at radius 2 is 2.00 bits per heavy atom. The van der Waals surface area contributed by atoms with Crippen molar-refractivity contribution in [1.29, 1.82) is 0 Å². The molecule has 19 heavy (non-hydrogen) atoms. The topological polar surface area (TPSA) is 45.4 Å². The molecule has 4 nitrogen and oxygen atoms in total. The number of nitrogens with two attached hydrogens (primary N) is 1. The lowest BCUT2D eigenvalue weighted by atomic mass is 10.2. The molecule has 0 bridgehead atoms. The summed E-state index contributed by atoms with van der Waals surface area (Å²) in [5.41, 5.74) is 7.03. The summed E-state index contributed by atoms with van der Waals surface area (Å²) < 4.78 is 0. The molecule has 110 valence electrons. The third-order valence-corrected chi connectivity index (χ3v) is 4.34. The van der Waals surface area contributed by atoms with Crippen LogP contribution in [0.3, 0.4) is 0 Å². The summed E-state index contributed by atoms with van der Waals surface area (Å²) >= 11 is 1.76. The average Bonchev–Trinajstić information content (AvgIpc) is 2.72. The molecule has 0 saturated heterocycles. The van der Waals surface area contributed by atoms with Crippen molar-refractivity contribution < 1.29 is 0 Å². The lowest BCUT2D eigenvalue weighted by molar-refractivity contribution is 0.373. The smallest absolute Gasteiger partial charge is 0.186 e. The number of rotatable bonds is 8. The van der Waals surface area contributed by atoms with Crippen LogP contribution in [-0.4, -0.2) is 43.1 Å². The number of nitrogens with zero attached hydrogens (tertiary/aromatic N) is 3. The van der Waals surface area contributed by atoms with E-state index in [2.05, 4.69) is 44.7 Å². The third kappa shape index (κ3) is 4.44. The van der Waals surface area contributed by atoms with Crippen molar-refractivity contribution in [3.63, 3.8) is 0 Å². The van der Waals surface area contributed by atoms with Crippen LogP contribution in [0.4, 0.5) is 5.13 Å². The summed E-state index contributed by atoms with van der Waals surface area (Å²) in [5, 5.41) is 1.13. The van der Waals surface area contributed by atoms with Crippen LogP contribution in [0, 0.1) is 0 Å². The monoisotopic (exact) mass is 284 g/mol. The summed E-state index contributed by atoms with van der Waals surface area (Å²) in [7, 11) is 4.22. The van der Waals surface area contributed by atoms with Crippen LogP contribution >= 0.6 is 11.3 Å². The van der Waals surface area contributed by atoms with Crippen molar-refractivity contribution in [2.45, 2.75) is 46.2 Å². The van der Waals surface area contributed by atoms with E-state index in [1.165, 1.54) is 10.6 Å². The van der Waals surface area contributed by atoms with Gasteiger partial charge >= 0.3 is 0 Å². The zero-order valence-electron chi connectivity index (χ0n) is 12.9. The normalized spacial score (nSPS) is 13.0. The van der Waals surface area contributed by atoms with E-state index >= 15 is 0 Å². The average molecular weight is 284 g/mol. The fraction of sp³-hybridized carbons (Fsp3) is 0.786. The molecule has 2 N–H and O–H groups in total. The van der Waals surface area contributed by atoms with Gasteiger partial charge in [-0.1, -0.05) is 13.3 Å². The number of anilines is 1. The molecule has 1 unspecified atom stereocenters. The zero-order valence-corrected chi connectivity index (χ0v) is 13.8. The van der Waals surface area contributed by atoms with E-state index in [9.17, 15) is 0 Å². The van der Waals surface area contributed by atoms with Gasteiger partial charge in [0.15, 0.2) is 5.13 Å². The molecule has 0 aliphatic rings. The summed E-state index contributed by atoms with van der Waals surface area (Å²) in [4.78, 5) is 10.7. The summed E-state index contributed by atoms with van der Waals surface area (Å²) in [6.07, 6.45) is 2.15. The van der Waals surface area contributed by atoms with Crippen molar-refractivity contribution >= 4 is 16.5 Å². The standard InChI is InChI=1S/C14H28N4S/c1-6-8-12-13(9-15)19-14(16-12)18(7-2)11(3)10-17(4)5/h11H,6-10,15H2,1-5H3. The van der Waals surface area contributed by atoms with Crippen molar-refractivity contribution in [2.75, 3.05) is 32.1 Å². The minimum absolute atomic E-state index is 0.464. The molecule has 0 saturated carbocycles. The Labute approximate surface area is 121 Å². The van der Waals surface area contributed by atoms with Gasteiger partial charge in [-0.3, -0.25) is 0 Å². The molecule has 0 aliphatic heterocycles. The van der Waals surface area contributed by atoms with Gasteiger partial charge in [0.25, 0.3) is 0 Å². The van der Waals surface area contributed by atoms with Gasteiger partial charge in [0, 0.05) is 30.6 Å². The molecule has 0 aliphatic carbocycles. The first kappa shape index (κ1) is 16.4. The van der Waals surface area contributed by atoms with Crippen LogP contribution < -0.4 is 10.6 Å². The molecular formula is C14H28N4S. The summed E-state index contributed by atoms with van der Waals surface area (Å²) in [5.74, 6) is 0. The van der Waals surface area contributed by atoms with E-state index in [0.29, 0.717) is 12.6 Å². The number of aromatic nitrogens is 1. The Balaban J connectivity index is 2.91. The van der Waals surface area contributed by atoms with Crippen molar-refractivity contribution in [3.8, 4) is 0 Å². The zero-order chi connectivity index (χ0) is 14.4. The van der Waals surface area contributed by atoms with E-state index in [0.717, 1.165) is 31.1 Å². The minimum Gasteiger partial charge on any atom is -0.344 e.